The Bertz CT molecular complexity index is 258. The van der Waals surface area contributed by atoms with Gasteiger partial charge in [-0.25, -0.2) is 0 Å². The van der Waals surface area contributed by atoms with Crippen LogP contribution in [0.15, 0.2) is 24.3 Å². The first kappa shape index (κ1) is 8.78. The minimum Gasteiger partial charge on any atom is -0.326 e. The number of benzene rings is 1. The number of amides is 1. The van der Waals surface area contributed by atoms with Gasteiger partial charge >= 0.3 is 0 Å². The normalized spacial score (nSPS) is 13.3. The smallest absolute Gasteiger partial charge is 0.228 e. The SMILES string of the molecule is O=C1Cc2ccccc2N1.[Na]. The summed E-state index contributed by atoms with van der Waals surface area (Å²) in [6.07, 6.45) is 0.538. The van der Waals surface area contributed by atoms with Gasteiger partial charge in [0.05, 0.1) is 6.42 Å². The third-order valence-electron chi connectivity index (χ3n) is 1.64. The molecule has 2 nitrogen and oxygen atoms in total. The van der Waals surface area contributed by atoms with Crippen molar-refractivity contribution in [1.29, 1.82) is 0 Å². The second-order valence-corrected chi connectivity index (χ2v) is 2.38. The largest absolute Gasteiger partial charge is 0.326 e. The zero-order valence-electron chi connectivity index (χ0n) is 6.42. The average Bonchev–Trinajstić information content (AvgIpc) is 2.27. The molecule has 1 amide bonds. The Kier molecular flexibility index (Phi) is 2.71. The molecule has 0 saturated carbocycles. The Morgan fingerprint density at radius 2 is 2.00 bits per heavy atom. The second kappa shape index (κ2) is 3.39. The van der Waals surface area contributed by atoms with E-state index in [1.54, 1.807) is 0 Å². The van der Waals surface area contributed by atoms with Gasteiger partial charge in [0.2, 0.25) is 5.91 Å². The van der Waals surface area contributed by atoms with E-state index < -0.39 is 0 Å². The van der Waals surface area contributed by atoms with Gasteiger partial charge in [0.25, 0.3) is 0 Å². The van der Waals surface area contributed by atoms with Crippen molar-refractivity contribution in [1.82, 2.24) is 0 Å². The number of carbonyl (C=O) groups excluding carboxylic acids is 1. The van der Waals surface area contributed by atoms with Gasteiger partial charge in [0.1, 0.15) is 0 Å². The molecule has 0 saturated heterocycles. The third-order valence-corrected chi connectivity index (χ3v) is 1.64. The molecule has 0 aliphatic carbocycles. The fourth-order valence-electron chi connectivity index (χ4n) is 1.16. The zero-order valence-corrected chi connectivity index (χ0v) is 8.42. The molecule has 11 heavy (non-hydrogen) atoms. The van der Waals surface area contributed by atoms with Crippen LogP contribution < -0.4 is 5.32 Å². The van der Waals surface area contributed by atoms with Crippen LogP contribution in [0.25, 0.3) is 0 Å². The first-order valence-corrected chi connectivity index (χ1v) is 3.24. The fraction of sp³-hybridized carbons (Fsp3) is 0.125. The topological polar surface area (TPSA) is 29.1 Å². The van der Waals surface area contributed by atoms with Crippen LogP contribution in [-0.4, -0.2) is 35.5 Å². The van der Waals surface area contributed by atoms with Gasteiger partial charge in [-0.15, -0.1) is 0 Å². The summed E-state index contributed by atoms with van der Waals surface area (Å²) in [5.41, 5.74) is 2.07. The average molecular weight is 156 g/mol. The van der Waals surface area contributed by atoms with Crippen LogP contribution in [0.4, 0.5) is 5.69 Å². The number of nitrogens with one attached hydrogen (secondary N) is 1. The van der Waals surface area contributed by atoms with E-state index >= 15 is 0 Å². The van der Waals surface area contributed by atoms with E-state index in [4.69, 9.17) is 0 Å². The van der Waals surface area contributed by atoms with Crippen molar-refractivity contribution in [2.75, 3.05) is 5.32 Å². The second-order valence-electron chi connectivity index (χ2n) is 2.38. The van der Waals surface area contributed by atoms with E-state index in [1.165, 1.54) is 0 Å². The molecule has 1 N–H and O–H groups in total. The molecule has 1 aliphatic heterocycles. The third kappa shape index (κ3) is 1.64. The van der Waals surface area contributed by atoms with Gasteiger partial charge in [-0.3, -0.25) is 4.79 Å². The first-order valence-electron chi connectivity index (χ1n) is 3.24. The number of hydrogen-bond acceptors (Lipinski definition) is 1. The molecule has 0 bridgehead atoms. The van der Waals surface area contributed by atoms with Gasteiger partial charge in [-0.1, -0.05) is 18.2 Å². The molecule has 1 radical (unpaired) electrons. The number of hydrogen-bond donors (Lipinski definition) is 1. The Hall–Kier alpha value is -0.310. The van der Waals surface area contributed by atoms with E-state index in [9.17, 15) is 4.79 Å². The van der Waals surface area contributed by atoms with E-state index in [-0.39, 0.29) is 35.5 Å². The van der Waals surface area contributed by atoms with Gasteiger partial charge in [-0.05, 0) is 11.6 Å². The Morgan fingerprint density at radius 3 is 2.73 bits per heavy atom. The van der Waals surface area contributed by atoms with Crippen LogP contribution in [-0.2, 0) is 11.2 Å². The molecule has 51 valence electrons. The molecular weight excluding hydrogens is 149 g/mol. The summed E-state index contributed by atoms with van der Waals surface area (Å²) in [4.78, 5) is 10.8. The summed E-state index contributed by atoms with van der Waals surface area (Å²) >= 11 is 0. The molecule has 1 aliphatic rings. The number of fused-ring (bicyclic) bond motifs is 1. The number of anilines is 1. The van der Waals surface area contributed by atoms with Gasteiger partial charge in [0, 0.05) is 35.2 Å². The molecule has 0 unspecified atom stereocenters. The molecule has 3 heteroatoms. The molecule has 2 rings (SSSR count). The molecule has 0 fully saturated rings. The predicted octanol–water partition coefficient (Wildman–Crippen LogP) is 0.800. The number of para-hydroxylation sites is 1. The van der Waals surface area contributed by atoms with Crippen molar-refractivity contribution in [3.63, 3.8) is 0 Å². The van der Waals surface area contributed by atoms with Crippen LogP contribution in [0.2, 0.25) is 0 Å². The van der Waals surface area contributed by atoms with Crippen LogP contribution in [0, 0.1) is 0 Å². The van der Waals surface area contributed by atoms with E-state index in [0.29, 0.717) is 6.42 Å². The molecule has 0 aromatic heterocycles. The van der Waals surface area contributed by atoms with Gasteiger partial charge in [0.15, 0.2) is 0 Å². The van der Waals surface area contributed by atoms with Crippen molar-refractivity contribution in [3.05, 3.63) is 29.8 Å². The van der Waals surface area contributed by atoms with Crippen molar-refractivity contribution in [2.45, 2.75) is 6.42 Å². The van der Waals surface area contributed by atoms with Crippen molar-refractivity contribution < 1.29 is 4.79 Å². The molecule has 1 aromatic carbocycles. The van der Waals surface area contributed by atoms with E-state index in [2.05, 4.69) is 5.32 Å². The predicted molar refractivity (Wildman–Crippen MR) is 44.5 cm³/mol. The number of carbonyl (C=O) groups is 1. The number of rotatable bonds is 0. The first-order chi connectivity index (χ1) is 4.86. The summed E-state index contributed by atoms with van der Waals surface area (Å²) in [5.74, 6) is 0.0983. The summed E-state index contributed by atoms with van der Waals surface area (Å²) in [6, 6.07) is 7.75. The Morgan fingerprint density at radius 1 is 1.27 bits per heavy atom. The van der Waals surface area contributed by atoms with Crippen molar-refractivity contribution >= 4 is 41.2 Å². The van der Waals surface area contributed by atoms with Gasteiger partial charge in [-0.2, -0.15) is 0 Å². The van der Waals surface area contributed by atoms with E-state index in [1.807, 2.05) is 24.3 Å². The van der Waals surface area contributed by atoms with Crippen LogP contribution in [0.3, 0.4) is 0 Å². The van der Waals surface area contributed by atoms with Crippen LogP contribution in [0.5, 0.6) is 0 Å². The van der Waals surface area contributed by atoms with Crippen molar-refractivity contribution in [3.8, 4) is 0 Å². The Labute approximate surface area is 87.3 Å². The van der Waals surface area contributed by atoms with E-state index in [0.717, 1.165) is 11.3 Å². The standard InChI is InChI=1S/C8H7NO.Na/c10-8-5-6-3-1-2-4-7(6)9-8;/h1-4H,5H2,(H,9,10);. The summed E-state index contributed by atoms with van der Waals surface area (Å²) in [6.45, 7) is 0. The molecular formula is C8H7NNaO. The van der Waals surface area contributed by atoms with Gasteiger partial charge < -0.3 is 5.32 Å². The minimum absolute atomic E-state index is 0. The van der Waals surface area contributed by atoms with Crippen LogP contribution >= 0.6 is 0 Å². The zero-order chi connectivity index (χ0) is 6.97. The Balaban J connectivity index is 0.000000605. The summed E-state index contributed by atoms with van der Waals surface area (Å²) < 4.78 is 0. The minimum atomic E-state index is 0. The monoisotopic (exact) mass is 156 g/mol. The van der Waals surface area contributed by atoms with Crippen LogP contribution in [0.1, 0.15) is 5.56 Å². The molecule has 0 atom stereocenters. The molecule has 1 heterocycles. The quantitative estimate of drug-likeness (QED) is 0.553. The maximum Gasteiger partial charge on any atom is 0.228 e. The maximum absolute atomic E-state index is 10.8. The summed E-state index contributed by atoms with van der Waals surface area (Å²) in [5, 5.41) is 2.76. The molecule has 0 spiro atoms. The summed E-state index contributed by atoms with van der Waals surface area (Å²) in [7, 11) is 0. The van der Waals surface area contributed by atoms with Crippen molar-refractivity contribution in [2.24, 2.45) is 0 Å². The molecule has 1 aromatic rings. The fourth-order valence-corrected chi connectivity index (χ4v) is 1.16. The maximum atomic E-state index is 10.8.